The Hall–Kier alpha value is -1.90. The lowest BCUT2D eigenvalue weighted by Crippen LogP contribution is -2.11. The molecule has 1 N–H and O–H groups in total. The average Bonchev–Trinajstić information content (AvgIpc) is 2.38. The second-order valence-corrected chi connectivity index (χ2v) is 4.35. The van der Waals surface area contributed by atoms with Gasteiger partial charge in [-0.15, -0.1) is 0 Å². The molecule has 0 atom stereocenters. The number of anilines is 1. The van der Waals surface area contributed by atoms with Gasteiger partial charge in [0.15, 0.2) is 5.69 Å². The first-order valence-electron chi connectivity index (χ1n) is 5.07. The van der Waals surface area contributed by atoms with Crippen LogP contribution >= 0.6 is 11.8 Å². The monoisotopic (exact) mass is 287 g/mol. The van der Waals surface area contributed by atoms with Gasteiger partial charge in [-0.1, -0.05) is 0 Å². The van der Waals surface area contributed by atoms with Crippen molar-refractivity contribution < 1.29 is 13.2 Å². The van der Waals surface area contributed by atoms with Gasteiger partial charge in [-0.05, 0) is 11.8 Å². The molecule has 0 aliphatic heterocycles. The molecule has 0 amide bonds. The zero-order valence-electron chi connectivity index (χ0n) is 9.64. The van der Waals surface area contributed by atoms with Gasteiger partial charge in [0.05, 0.1) is 6.20 Å². The first-order chi connectivity index (χ1) is 8.99. The molecular weight excluding hydrogens is 279 g/mol. The van der Waals surface area contributed by atoms with E-state index in [2.05, 4.69) is 25.3 Å². The molecule has 2 aromatic heterocycles. The molecule has 0 fully saturated rings. The topological polar surface area (TPSA) is 63.6 Å². The summed E-state index contributed by atoms with van der Waals surface area (Å²) in [5.74, 6) is -0.0961. The Morgan fingerprint density at radius 2 is 1.95 bits per heavy atom. The van der Waals surface area contributed by atoms with Crippen LogP contribution in [0.5, 0.6) is 0 Å². The second kappa shape index (κ2) is 5.39. The van der Waals surface area contributed by atoms with Gasteiger partial charge in [0, 0.05) is 25.5 Å². The van der Waals surface area contributed by atoms with Crippen LogP contribution in [0.2, 0.25) is 0 Å². The van der Waals surface area contributed by atoms with Crippen molar-refractivity contribution in [1.29, 1.82) is 0 Å². The van der Waals surface area contributed by atoms with E-state index < -0.39 is 11.9 Å². The Bertz CT molecular complexity index is 561. The van der Waals surface area contributed by atoms with Gasteiger partial charge in [-0.3, -0.25) is 4.98 Å². The molecule has 0 aliphatic carbocycles. The number of hydrogen-bond acceptors (Lipinski definition) is 6. The lowest BCUT2D eigenvalue weighted by atomic mass is 10.4. The van der Waals surface area contributed by atoms with Crippen LogP contribution in [-0.2, 0) is 6.18 Å². The normalized spacial score (nSPS) is 11.4. The minimum absolute atomic E-state index is 0.0961. The zero-order valence-corrected chi connectivity index (χ0v) is 10.5. The highest BCUT2D eigenvalue weighted by Gasteiger charge is 2.33. The maximum Gasteiger partial charge on any atom is 0.433 e. The van der Waals surface area contributed by atoms with E-state index in [4.69, 9.17) is 0 Å². The van der Waals surface area contributed by atoms with Crippen molar-refractivity contribution >= 4 is 17.7 Å². The van der Waals surface area contributed by atoms with E-state index in [-0.39, 0.29) is 11.0 Å². The summed E-state index contributed by atoms with van der Waals surface area (Å²) < 4.78 is 38.0. The molecule has 0 radical (unpaired) electrons. The van der Waals surface area contributed by atoms with Crippen molar-refractivity contribution in [2.45, 2.75) is 16.2 Å². The summed E-state index contributed by atoms with van der Waals surface area (Å²) in [6, 6.07) is 0.875. The average molecular weight is 287 g/mol. The summed E-state index contributed by atoms with van der Waals surface area (Å²) >= 11 is 0.983. The smallest absolute Gasteiger partial charge is 0.357 e. The number of aromatic nitrogens is 4. The summed E-state index contributed by atoms with van der Waals surface area (Å²) in [4.78, 5) is 15.1. The van der Waals surface area contributed by atoms with Gasteiger partial charge in [-0.25, -0.2) is 15.0 Å². The molecule has 0 unspecified atom stereocenters. The highest BCUT2D eigenvalue weighted by atomic mass is 32.2. The molecule has 2 aromatic rings. The Labute approximate surface area is 110 Å². The first-order valence-corrected chi connectivity index (χ1v) is 5.88. The number of halogens is 3. The van der Waals surface area contributed by atoms with Gasteiger partial charge in [0.25, 0.3) is 0 Å². The Balaban J connectivity index is 2.35. The second-order valence-electron chi connectivity index (χ2n) is 3.31. The third kappa shape index (κ3) is 3.53. The molecule has 0 aliphatic rings. The number of nitrogens with one attached hydrogen (secondary N) is 1. The first kappa shape index (κ1) is 13.5. The number of hydrogen-bond donors (Lipinski definition) is 1. The van der Waals surface area contributed by atoms with E-state index in [1.807, 2.05) is 0 Å². The van der Waals surface area contributed by atoms with E-state index in [1.54, 1.807) is 0 Å². The standard InChI is InChI=1S/C10H8F3N5S/c1-14-9-17-6(10(11,12)13)4-7(18-9)19-8-5-15-2-3-16-8/h2-5H,1H3,(H,14,17,18). The van der Waals surface area contributed by atoms with Crippen molar-refractivity contribution in [2.24, 2.45) is 0 Å². The Kier molecular flexibility index (Phi) is 3.84. The predicted molar refractivity (Wildman–Crippen MR) is 62.7 cm³/mol. The third-order valence-electron chi connectivity index (χ3n) is 1.97. The summed E-state index contributed by atoms with van der Waals surface area (Å²) in [6.45, 7) is 0. The van der Waals surface area contributed by atoms with Crippen molar-refractivity contribution in [1.82, 2.24) is 19.9 Å². The number of nitrogens with zero attached hydrogens (tertiary/aromatic N) is 4. The highest BCUT2D eigenvalue weighted by Crippen LogP contribution is 2.32. The van der Waals surface area contributed by atoms with Gasteiger partial charge in [-0.2, -0.15) is 13.2 Å². The zero-order chi connectivity index (χ0) is 13.9. The fourth-order valence-electron chi connectivity index (χ4n) is 1.18. The van der Waals surface area contributed by atoms with E-state index in [0.717, 1.165) is 17.8 Å². The Morgan fingerprint density at radius 3 is 2.53 bits per heavy atom. The van der Waals surface area contributed by atoms with Crippen molar-refractivity contribution in [2.75, 3.05) is 12.4 Å². The maximum atomic E-state index is 12.7. The lowest BCUT2D eigenvalue weighted by molar-refractivity contribution is -0.141. The minimum atomic E-state index is -4.52. The lowest BCUT2D eigenvalue weighted by Gasteiger charge is -2.09. The molecule has 2 heterocycles. The van der Waals surface area contributed by atoms with Crippen LogP contribution < -0.4 is 5.32 Å². The van der Waals surface area contributed by atoms with Crippen molar-refractivity contribution in [3.63, 3.8) is 0 Å². The van der Waals surface area contributed by atoms with Crippen LogP contribution in [0.3, 0.4) is 0 Å². The van der Waals surface area contributed by atoms with Crippen molar-refractivity contribution in [3.8, 4) is 0 Å². The molecule has 5 nitrogen and oxygen atoms in total. The third-order valence-corrected chi connectivity index (χ3v) is 2.80. The molecule has 0 saturated carbocycles. The van der Waals surface area contributed by atoms with Crippen LogP contribution in [0, 0.1) is 0 Å². The number of rotatable bonds is 3. The molecule has 19 heavy (non-hydrogen) atoms. The Morgan fingerprint density at radius 1 is 1.16 bits per heavy atom. The molecular formula is C10H8F3N5S. The van der Waals surface area contributed by atoms with E-state index >= 15 is 0 Å². The number of alkyl halides is 3. The molecule has 0 aromatic carbocycles. The van der Waals surface area contributed by atoms with Crippen LogP contribution in [0.15, 0.2) is 34.7 Å². The van der Waals surface area contributed by atoms with E-state index in [1.165, 1.54) is 25.6 Å². The van der Waals surface area contributed by atoms with Gasteiger partial charge < -0.3 is 5.32 Å². The van der Waals surface area contributed by atoms with E-state index in [0.29, 0.717) is 5.03 Å². The highest BCUT2D eigenvalue weighted by molar-refractivity contribution is 7.99. The maximum absolute atomic E-state index is 12.7. The van der Waals surface area contributed by atoms with E-state index in [9.17, 15) is 13.2 Å². The van der Waals surface area contributed by atoms with Crippen LogP contribution in [0.1, 0.15) is 5.69 Å². The summed E-state index contributed by atoms with van der Waals surface area (Å²) in [5.41, 5.74) is -1.00. The summed E-state index contributed by atoms with van der Waals surface area (Å²) in [6.07, 6.45) is -0.150. The SMILES string of the molecule is CNc1nc(Sc2cnccn2)cc(C(F)(F)F)n1. The largest absolute Gasteiger partial charge is 0.433 e. The molecule has 0 bridgehead atoms. The minimum Gasteiger partial charge on any atom is -0.357 e. The molecule has 100 valence electrons. The van der Waals surface area contributed by atoms with Crippen LogP contribution in [0.4, 0.5) is 19.1 Å². The van der Waals surface area contributed by atoms with Crippen molar-refractivity contribution in [3.05, 3.63) is 30.4 Å². The summed E-state index contributed by atoms with van der Waals surface area (Å²) in [5, 5.41) is 3.09. The molecule has 0 spiro atoms. The quantitative estimate of drug-likeness (QED) is 0.875. The molecule has 9 heteroatoms. The summed E-state index contributed by atoms with van der Waals surface area (Å²) in [7, 11) is 1.45. The predicted octanol–water partition coefficient (Wildman–Crippen LogP) is 2.48. The van der Waals surface area contributed by atoms with Gasteiger partial charge in [0.2, 0.25) is 5.95 Å². The van der Waals surface area contributed by atoms with Gasteiger partial charge in [0.1, 0.15) is 10.1 Å². The van der Waals surface area contributed by atoms with Crippen LogP contribution in [-0.4, -0.2) is 27.0 Å². The fraction of sp³-hybridized carbons (Fsp3) is 0.200. The molecule has 0 saturated heterocycles. The molecule has 2 rings (SSSR count). The van der Waals surface area contributed by atoms with Crippen LogP contribution in [0.25, 0.3) is 0 Å². The fourth-order valence-corrected chi connectivity index (χ4v) is 1.92. The van der Waals surface area contributed by atoms with Gasteiger partial charge >= 0.3 is 6.18 Å².